The summed E-state index contributed by atoms with van der Waals surface area (Å²) < 4.78 is 2.19. The fraction of sp³-hybridized carbons (Fsp3) is 0.286. The largest absolute Gasteiger partial charge is 0.478 e. The van der Waals surface area contributed by atoms with E-state index >= 15 is 0 Å². The molecule has 1 N–H and O–H groups in total. The minimum absolute atomic E-state index is 0.339. The number of benzene rings is 2. The molecule has 3 nitrogen and oxygen atoms in total. The number of hydrogen-bond donors (Lipinski definition) is 1. The average molecular weight is 317 g/mol. The molecule has 2 fully saturated rings. The van der Waals surface area contributed by atoms with Gasteiger partial charge in [-0.3, -0.25) is 0 Å². The van der Waals surface area contributed by atoms with Crippen molar-refractivity contribution < 1.29 is 9.90 Å². The monoisotopic (exact) mass is 317 g/mol. The van der Waals surface area contributed by atoms with Crippen LogP contribution in [0, 0.1) is 0 Å². The Bertz CT molecular complexity index is 931. The highest BCUT2D eigenvalue weighted by molar-refractivity contribution is 5.94. The van der Waals surface area contributed by atoms with Crippen LogP contribution in [0.1, 0.15) is 59.0 Å². The van der Waals surface area contributed by atoms with Crippen molar-refractivity contribution in [1.82, 2.24) is 4.57 Å². The van der Waals surface area contributed by atoms with Gasteiger partial charge in [-0.2, -0.15) is 0 Å². The SMILES string of the molecule is O=C(O)c1ccc2c(ccn2-c2cc(C3CC3)cc(C3CC3)c2)c1. The topological polar surface area (TPSA) is 42.2 Å². The summed E-state index contributed by atoms with van der Waals surface area (Å²) >= 11 is 0. The lowest BCUT2D eigenvalue weighted by Crippen LogP contribution is -1.98. The lowest BCUT2D eigenvalue weighted by atomic mass is 10.0. The van der Waals surface area contributed by atoms with Crippen LogP contribution in [-0.4, -0.2) is 15.6 Å². The average Bonchev–Trinajstić information content (AvgIpc) is 3.49. The molecule has 120 valence electrons. The summed E-state index contributed by atoms with van der Waals surface area (Å²) in [6, 6.07) is 14.4. The number of rotatable bonds is 4. The Labute approximate surface area is 140 Å². The molecule has 2 aromatic carbocycles. The van der Waals surface area contributed by atoms with E-state index in [0.29, 0.717) is 5.56 Å². The maximum atomic E-state index is 11.2. The van der Waals surface area contributed by atoms with E-state index in [-0.39, 0.29) is 0 Å². The second-order valence-electron chi connectivity index (χ2n) is 7.17. The highest BCUT2D eigenvalue weighted by Crippen LogP contribution is 2.46. The number of aromatic carboxylic acids is 1. The van der Waals surface area contributed by atoms with E-state index < -0.39 is 5.97 Å². The van der Waals surface area contributed by atoms with E-state index in [4.69, 9.17) is 0 Å². The molecule has 0 amide bonds. The molecule has 3 heteroatoms. The van der Waals surface area contributed by atoms with Gasteiger partial charge in [-0.25, -0.2) is 4.79 Å². The fourth-order valence-corrected chi connectivity index (χ4v) is 3.60. The van der Waals surface area contributed by atoms with Gasteiger partial charge in [-0.1, -0.05) is 6.07 Å². The first-order valence-electron chi connectivity index (χ1n) is 8.69. The third kappa shape index (κ3) is 2.32. The van der Waals surface area contributed by atoms with Gasteiger partial charge >= 0.3 is 5.97 Å². The van der Waals surface area contributed by atoms with Gasteiger partial charge in [0.25, 0.3) is 0 Å². The smallest absolute Gasteiger partial charge is 0.335 e. The van der Waals surface area contributed by atoms with Gasteiger partial charge in [0.2, 0.25) is 0 Å². The summed E-state index contributed by atoms with van der Waals surface area (Å²) in [4.78, 5) is 11.2. The molecule has 1 aromatic heterocycles. The number of hydrogen-bond acceptors (Lipinski definition) is 1. The lowest BCUT2D eigenvalue weighted by molar-refractivity contribution is 0.0697. The minimum Gasteiger partial charge on any atom is -0.478 e. The number of carboxylic acid groups (broad SMARTS) is 1. The van der Waals surface area contributed by atoms with Gasteiger partial charge in [0.1, 0.15) is 0 Å². The number of carboxylic acids is 1. The first-order chi connectivity index (χ1) is 11.7. The Hall–Kier alpha value is -2.55. The highest BCUT2D eigenvalue weighted by Gasteiger charge is 2.28. The summed E-state index contributed by atoms with van der Waals surface area (Å²) in [5.74, 6) is 0.599. The van der Waals surface area contributed by atoms with Crippen LogP contribution in [0.3, 0.4) is 0 Å². The zero-order chi connectivity index (χ0) is 16.3. The summed E-state index contributed by atoms with van der Waals surface area (Å²) in [6.07, 6.45) is 7.28. The minimum atomic E-state index is -0.878. The number of carbonyl (C=O) groups is 1. The van der Waals surface area contributed by atoms with Crippen LogP contribution in [0.5, 0.6) is 0 Å². The third-order valence-corrected chi connectivity index (χ3v) is 5.28. The van der Waals surface area contributed by atoms with Crippen molar-refractivity contribution in [3.8, 4) is 5.69 Å². The molecule has 0 bridgehead atoms. The second kappa shape index (κ2) is 4.97. The van der Waals surface area contributed by atoms with Crippen molar-refractivity contribution in [2.24, 2.45) is 0 Å². The van der Waals surface area contributed by atoms with Crippen LogP contribution in [0.25, 0.3) is 16.6 Å². The molecule has 2 saturated carbocycles. The molecule has 3 aromatic rings. The number of nitrogens with zero attached hydrogens (tertiary/aromatic N) is 1. The van der Waals surface area contributed by atoms with Crippen LogP contribution in [0.2, 0.25) is 0 Å². The van der Waals surface area contributed by atoms with E-state index in [1.807, 2.05) is 12.1 Å². The molecule has 0 spiro atoms. The first kappa shape index (κ1) is 13.8. The highest BCUT2D eigenvalue weighted by atomic mass is 16.4. The van der Waals surface area contributed by atoms with E-state index in [2.05, 4.69) is 29.0 Å². The molecule has 2 aliphatic rings. The third-order valence-electron chi connectivity index (χ3n) is 5.28. The quantitative estimate of drug-likeness (QED) is 0.729. The van der Waals surface area contributed by atoms with Crippen molar-refractivity contribution in [3.63, 3.8) is 0 Å². The molecule has 5 rings (SSSR count). The maximum absolute atomic E-state index is 11.2. The van der Waals surface area contributed by atoms with Gasteiger partial charge in [0, 0.05) is 17.3 Å². The Kier molecular flexibility index (Phi) is 2.87. The fourth-order valence-electron chi connectivity index (χ4n) is 3.60. The van der Waals surface area contributed by atoms with Crippen LogP contribution in [0.15, 0.2) is 48.7 Å². The second-order valence-corrected chi connectivity index (χ2v) is 7.17. The van der Waals surface area contributed by atoms with E-state index in [1.165, 1.54) is 42.5 Å². The molecule has 1 heterocycles. The summed E-state index contributed by atoms with van der Waals surface area (Å²) in [7, 11) is 0. The van der Waals surface area contributed by atoms with Crippen molar-refractivity contribution >= 4 is 16.9 Å². The van der Waals surface area contributed by atoms with Gasteiger partial charge in [-0.15, -0.1) is 0 Å². The van der Waals surface area contributed by atoms with Crippen molar-refractivity contribution in [2.75, 3.05) is 0 Å². The Balaban J connectivity index is 1.65. The van der Waals surface area contributed by atoms with Crippen LogP contribution in [0.4, 0.5) is 0 Å². The standard InChI is InChI=1S/C21H19NO2/c23-21(24)16-5-6-20-15(9-16)7-8-22(20)19-11-17(13-1-2-13)10-18(12-19)14-3-4-14/h5-14H,1-4H2,(H,23,24). The first-order valence-corrected chi connectivity index (χ1v) is 8.69. The van der Waals surface area contributed by atoms with Gasteiger partial charge in [-0.05, 0) is 85.0 Å². The molecule has 24 heavy (non-hydrogen) atoms. The Morgan fingerprint density at radius 3 is 2.17 bits per heavy atom. The molecule has 0 radical (unpaired) electrons. The predicted octanol–water partition coefficient (Wildman–Crippen LogP) is 5.08. The normalized spacial score (nSPS) is 17.3. The van der Waals surface area contributed by atoms with E-state index in [1.54, 1.807) is 12.1 Å². The molecule has 0 atom stereocenters. The molecular weight excluding hydrogens is 298 g/mol. The number of aromatic nitrogens is 1. The maximum Gasteiger partial charge on any atom is 0.335 e. The lowest BCUT2D eigenvalue weighted by Gasteiger charge is -2.11. The van der Waals surface area contributed by atoms with E-state index in [0.717, 1.165) is 22.7 Å². The molecule has 0 unspecified atom stereocenters. The zero-order valence-corrected chi connectivity index (χ0v) is 13.4. The zero-order valence-electron chi connectivity index (χ0n) is 13.4. The predicted molar refractivity (Wildman–Crippen MR) is 94.2 cm³/mol. The summed E-state index contributed by atoms with van der Waals surface area (Å²) in [5, 5.41) is 10.1. The summed E-state index contributed by atoms with van der Waals surface area (Å²) in [6.45, 7) is 0. The van der Waals surface area contributed by atoms with Crippen molar-refractivity contribution in [1.29, 1.82) is 0 Å². The Morgan fingerprint density at radius 1 is 0.917 bits per heavy atom. The van der Waals surface area contributed by atoms with Crippen molar-refractivity contribution in [2.45, 2.75) is 37.5 Å². The van der Waals surface area contributed by atoms with E-state index in [9.17, 15) is 9.90 Å². The van der Waals surface area contributed by atoms with Crippen LogP contribution >= 0.6 is 0 Å². The Morgan fingerprint density at radius 2 is 1.58 bits per heavy atom. The summed E-state index contributed by atoms with van der Waals surface area (Å²) in [5.41, 5.74) is 5.55. The van der Waals surface area contributed by atoms with Gasteiger partial charge in [0.05, 0.1) is 11.1 Å². The van der Waals surface area contributed by atoms with Crippen LogP contribution in [-0.2, 0) is 0 Å². The van der Waals surface area contributed by atoms with Crippen LogP contribution < -0.4 is 0 Å². The molecule has 0 aliphatic heterocycles. The molecular formula is C21H19NO2. The molecule has 2 aliphatic carbocycles. The van der Waals surface area contributed by atoms with Crippen molar-refractivity contribution in [3.05, 3.63) is 65.4 Å². The molecule has 0 saturated heterocycles. The van der Waals surface area contributed by atoms with Gasteiger partial charge < -0.3 is 9.67 Å². The van der Waals surface area contributed by atoms with Gasteiger partial charge in [0.15, 0.2) is 0 Å². The number of fused-ring (bicyclic) bond motifs is 1.